The first-order valence-corrected chi connectivity index (χ1v) is 9.30. The van der Waals surface area contributed by atoms with Crippen LogP contribution in [0.3, 0.4) is 0 Å². The summed E-state index contributed by atoms with van der Waals surface area (Å²) >= 11 is 6.16. The van der Waals surface area contributed by atoms with Crippen LogP contribution in [0.25, 0.3) is 5.76 Å². The molecule has 2 N–H and O–H groups in total. The van der Waals surface area contributed by atoms with Gasteiger partial charge in [-0.2, -0.15) is 5.10 Å². The van der Waals surface area contributed by atoms with Gasteiger partial charge in [0.15, 0.2) is 0 Å². The number of Topliss-reactive ketones (excluding diaryl/α,β-unsaturated/α-hetero) is 1. The molecule has 1 fully saturated rings. The maximum Gasteiger partial charge on any atom is 0.295 e. The number of hydrogen-bond donors (Lipinski definition) is 2. The van der Waals surface area contributed by atoms with E-state index in [2.05, 4.69) is 10.2 Å². The Morgan fingerprint density at radius 3 is 2.61 bits per heavy atom. The molecule has 1 amide bonds. The minimum absolute atomic E-state index is 0.0543. The maximum atomic E-state index is 12.9. The minimum atomic E-state index is -0.715. The Kier molecular flexibility index (Phi) is 5.58. The number of nitrogens with zero attached hydrogens (tertiary/aromatic N) is 3. The lowest BCUT2D eigenvalue weighted by atomic mass is 9.95. The Morgan fingerprint density at radius 2 is 2.04 bits per heavy atom. The summed E-state index contributed by atoms with van der Waals surface area (Å²) in [6, 6.07) is 6.28. The van der Waals surface area contributed by atoms with Gasteiger partial charge in [0, 0.05) is 23.8 Å². The standard InChI is InChI=1S/C20H23ClN4O3/c1-11-15(12(2)23-22-11)18(26)16-17(13-6-5-7-14(21)10-13)25(9-8-24(3)4)20(28)19(16)27/h5-7,10,17,26H,8-9H2,1-4H3,(H,22,23)/b18-16+/t17-/m1/s1. The number of aromatic nitrogens is 2. The number of H-pyrrole nitrogens is 1. The number of halogens is 1. The summed E-state index contributed by atoms with van der Waals surface area (Å²) in [5.74, 6) is -1.56. The van der Waals surface area contributed by atoms with Crippen LogP contribution in [0.2, 0.25) is 5.02 Å². The van der Waals surface area contributed by atoms with Crippen LogP contribution in [-0.2, 0) is 9.59 Å². The number of aromatic amines is 1. The van der Waals surface area contributed by atoms with Crippen molar-refractivity contribution in [1.82, 2.24) is 20.0 Å². The number of amides is 1. The van der Waals surface area contributed by atoms with Crippen LogP contribution in [0.15, 0.2) is 29.8 Å². The predicted octanol–water partition coefficient (Wildman–Crippen LogP) is 2.66. The molecular formula is C20H23ClN4O3. The van der Waals surface area contributed by atoms with Crippen LogP contribution in [0.5, 0.6) is 0 Å². The van der Waals surface area contributed by atoms with Crippen LogP contribution in [0.1, 0.15) is 28.6 Å². The Hall–Kier alpha value is -2.64. The highest BCUT2D eigenvalue weighted by atomic mass is 35.5. The minimum Gasteiger partial charge on any atom is -0.507 e. The molecule has 1 aliphatic rings. The average Bonchev–Trinajstić information content (AvgIpc) is 3.09. The Bertz CT molecular complexity index is 945. The molecule has 2 aromatic rings. The molecule has 1 aromatic heterocycles. The fourth-order valence-corrected chi connectivity index (χ4v) is 3.67. The fraction of sp³-hybridized carbons (Fsp3) is 0.350. The smallest absolute Gasteiger partial charge is 0.295 e. The second kappa shape index (κ2) is 7.77. The van der Waals surface area contributed by atoms with Crippen LogP contribution in [-0.4, -0.2) is 64.0 Å². The summed E-state index contributed by atoms with van der Waals surface area (Å²) in [7, 11) is 3.78. The zero-order valence-electron chi connectivity index (χ0n) is 16.3. The zero-order valence-corrected chi connectivity index (χ0v) is 17.0. The van der Waals surface area contributed by atoms with Crippen molar-refractivity contribution in [3.63, 3.8) is 0 Å². The molecule has 7 nitrogen and oxygen atoms in total. The van der Waals surface area contributed by atoms with E-state index in [0.29, 0.717) is 40.6 Å². The number of ketones is 1. The van der Waals surface area contributed by atoms with Crippen molar-refractivity contribution in [3.05, 3.63) is 57.4 Å². The molecule has 148 valence electrons. The Labute approximate surface area is 168 Å². The Morgan fingerprint density at radius 1 is 1.32 bits per heavy atom. The molecule has 0 spiro atoms. The van der Waals surface area contributed by atoms with Gasteiger partial charge in [0.25, 0.3) is 11.7 Å². The van der Waals surface area contributed by atoms with Crippen molar-refractivity contribution >= 4 is 29.1 Å². The van der Waals surface area contributed by atoms with E-state index in [1.54, 1.807) is 38.1 Å². The van der Waals surface area contributed by atoms with Crippen LogP contribution < -0.4 is 0 Å². The molecule has 1 saturated heterocycles. The SMILES string of the molecule is Cc1n[nH]c(C)c1/C(O)=C1\C(=O)C(=O)N(CCN(C)C)[C@@H]1c1cccc(Cl)c1. The van der Waals surface area contributed by atoms with Gasteiger partial charge in [-0.3, -0.25) is 14.7 Å². The molecule has 8 heteroatoms. The number of nitrogens with one attached hydrogen (secondary N) is 1. The van der Waals surface area contributed by atoms with Crippen LogP contribution in [0.4, 0.5) is 0 Å². The first-order valence-electron chi connectivity index (χ1n) is 8.93. The maximum absolute atomic E-state index is 12.9. The number of carbonyl (C=O) groups excluding carboxylic acids is 2. The van der Waals surface area contributed by atoms with E-state index >= 15 is 0 Å². The van der Waals surface area contributed by atoms with E-state index in [1.807, 2.05) is 19.0 Å². The number of likely N-dealkylation sites (N-methyl/N-ethyl adjacent to an activating group) is 1. The highest BCUT2D eigenvalue weighted by Gasteiger charge is 2.46. The number of aliphatic hydroxyl groups is 1. The van der Waals surface area contributed by atoms with Gasteiger partial charge < -0.3 is 14.9 Å². The highest BCUT2D eigenvalue weighted by Crippen LogP contribution is 2.40. The summed E-state index contributed by atoms with van der Waals surface area (Å²) in [4.78, 5) is 29.1. The van der Waals surface area contributed by atoms with Crippen LogP contribution in [0, 0.1) is 13.8 Å². The normalized spacial score (nSPS) is 19.1. The number of likely N-dealkylation sites (tertiary alicyclic amines) is 1. The molecule has 0 bridgehead atoms. The van der Waals surface area contributed by atoms with Gasteiger partial charge in [0.05, 0.1) is 22.9 Å². The van der Waals surface area contributed by atoms with E-state index in [0.717, 1.165) is 0 Å². The molecule has 1 atom stereocenters. The third-order valence-corrected chi connectivity index (χ3v) is 5.09. The molecule has 3 rings (SSSR count). The highest BCUT2D eigenvalue weighted by molar-refractivity contribution is 6.46. The van der Waals surface area contributed by atoms with Crippen molar-refractivity contribution in [2.45, 2.75) is 19.9 Å². The molecule has 1 aromatic carbocycles. The van der Waals surface area contributed by atoms with Crippen LogP contribution >= 0.6 is 11.6 Å². The number of benzene rings is 1. The first kappa shape index (κ1) is 20.1. The lowest BCUT2D eigenvalue weighted by Gasteiger charge is -2.26. The van der Waals surface area contributed by atoms with Gasteiger partial charge in [-0.25, -0.2) is 0 Å². The molecular weight excluding hydrogens is 380 g/mol. The molecule has 1 aliphatic heterocycles. The second-order valence-electron chi connectivity index (χ2n) is 7.16. The summed E-state index contributed by atoms with van der Waals surface area (Å²) in [5, 5.41) is 18.4. The largest absolute Gasteiger partial charge is 0.507 e. The lowest BCUT2D eigenvalue weighted by molar-refractivity contribution is -0.140. The summed E-state index contributed by atoms with van der Waals surface area (Å²) < 4.78 is 0. The number of carbonyl (C=O) groups is 2. The van der Waals surface area contributed by atoms with Crippen molar-refractivity contribution in [1.29, 1.82) is 0 Å². The number of rotatable bonds is 5. The molecule has 0 unspecified atom stereocenters. The molecule has 0 aliphatic carbocycles. The van der Waals surface area contributed by atoms with E-state index in [4.69, 9.17) is 11.6 Å². The summed E-state index contributed by atoms with van der Waals surface area (Å²) in [5.41, 5.74) is 2.35. The van der Waals surface area contributed by atoms with Gasteiger partial charge in [-0.05, 0) is 45.6 Å². The number of aryl methyl sites for hydroxylation is 2. The van der Waals surface area contributed by atoms with E-state index in [1.165, 1.54) is 4.90 Å². The molecule has 0 radical (unpaired) electrons. The van der Waals surface area contributed by atoms with E-state index < -0.39 is 17.7 Å². The monoisotopic (exact) mass is 402 g/mol. The topological polar surface area (TPSA) is 89.5 Å². The molecule has 2 heterocycles. The van der Waals surface area contributed by atoms with Gasteiger partial charge in [-0.1, -0.05) is 23.7 Å². The van der Waals surface area contributed by atoms with Crippen molar-refractivity contribution in [2.24, 2.45) is 0 Å². The van der Waals surface area contributed by atoms with Gasteiger partial charge in [-0.15, -0.1) is 0 Å². The number of hydrogen-bond acceptors (Lipinski definition) is 5. The second-order valence-corrected chi connectivity index (χ2v) is 7.60. The van der Waals surface area contributed by atoms with E-state index in [-0.39, 0.29) is 11.3 Å². The molecule has 0 saturated carbocycles. The van der Waals surface area contributed by atoms with Gasteiger partial charge in [0.1, 0.15) is 5.76 Å². The molecule has 28 heavy (non-hydrogen) atoms. The predicted molar refractivity (Wildman–Crippen MR) is 107 cm³/mol. The Balaban J connectivity index is 2.20. The first-order chi connectivity index (χ1) is 13.2. The van der Waals surface area contributed by atoms with Gasteiger partial charge >= 0.3 is 0 Å². The zero-order chi connectivity index (χ0) is 20.6. The number of aliphatic hydroxyl groups excluding tert-OH is 1. The van der Waals surface area contributed by atoms with Gasteiger partial charge in [0.2, 0.25) is 0 Å². The third kappa shape index (κ3) is 3.55. The van der Waals surface area contributed by atoms with Crippen molar-refractivity contribution < 1.29 is 14.7 Å². The van der Waals surface area contributed by atoms with Crippen molar-refractivity contribution in [2.75, 3.05) is 27.2 Å². The fourth-order valence-electron chi connectivity index (χ4n) is 3.48. The third-order valence-electron chi connectivity index (χ3n) is 4.86. The van der Waals surface area contributed by atoms with E-state index in [9.17, 15) is 14.7 Å². The van der Waals surface area contributed by atoms with Crippen molar-refractivity contribution in [3.8, 4) is 0 Å². The average molecular weight is 403 g/mol. The quantitative estimate of drug-likeness (QED) is 0.456. The summed E-state index contributed by atoms with van der Waals surface area (Å²) in [6.45, 7) is 4.41. The summed E-state index contributed by atoms with van der Waals surface area (Å²) in [6.07, 6.45) is 0. The lowest BCUT2D eigenvalue weighted by Crippen LogP contribution is -2.35.